The number of hydrogen-bond donors (Lipinski definition) is 1. The minimum Gasteiger partial charge on any atom is -0.375 e. The second-order valence-corrected chi connectivity index (χ2v) is 2.64. The molecule has 6 heteroatoms. The Kier molecular flexibility index (Phi) is 2.34. The van der Waals surface area contributed by atoms with E-state index in [4.69, 9.17) is 0 Å². The van der Waals surface area contributed by atoms with Crippen molar-refractivity contribution in [3.8, 4) is 0 Å². The van der Waals surface area contributed by atoms with Gasteiger partial charge in [-0.1, -0.05) is 12.2 Å². The number of thiocarbonyl (C=S) groups is 1. The molecule has 1 N–H and O–H groups in total. The number of rotatable bonds is 0. The molecule has 0 spiro atoms. The molecule has 0 saturated carbocycles. The van der Waals surface area contributed by atoms with E-state index in [1.165, 1.54) is 0 Å². The maximum absolute atomic E-state index is 11.9. The number of hydrogen-bond acceptors (Lipinski definition) is 2. The van der Waals surface area contributed by atoms with Gasteiger partial charge in [-0.25, -0.2) is 0 Å². The first kappa shape index (κ1) is 8.73. The Morgan fingerprint density at radius 1 is 1.55 bits per heavy atom. The van der Waals surface area contributed by atoms with Crippen LogP contribution in [0.1, 0.15) is 0 Å². The van der Waals surface area contributed by atoms with Gasteiger partial charge in [0.2, 0.25) is 0 Å². The molecule has 1 aliphatic rings. The van der Waals surface area contributed by atoms with Crippen LogP contribution in [0.4, 0.5) is 13.2 Å². The van der Waals surface area contributed by atoms with Crippen LogP contribution in [-0.2, 0) is 4.74 Å². The molecule has 1 heterocycles. The van der Waals surface area contributed by atoms with Crippen molar-refractivity contribution in [1.82, 2.24) is 5.32 Å². The normalized spacial score (nSPS) is 26.5. The van der Waals surface area contributed by atoms with Crippen LogP contribution < -0.4 is 5.32 Å². The van der Waals surface area contributed by atoms with Gasteiger partial charge in [-0.2, -0.15) is 13.2 Å². The highest BCUT2D eigenvalue weighted by Crippen LogP contribution is 2.23. The molecule has 64 valence electrons. The summed E-state index contributed by atoms with van der Waals surface area (Å²) >= 11 is 4.58. The fourth-order valence-electron chi connectivity index (χ4n) is 0.703. The minimum atomic E-state index is -4.29. The summed E-state index contributed by atoms with van der Waals surface area (Å²) in [7, 11) is 0. The molecular weight excluding hydrogens is 179 g/mol. The van der Waals surface area contributed by atoms with Crippen LogP contribution in [0.5, 0.6) is 0 Å². The van der Waals surface area contributed by atoms with E-state index < -0.39 is 12.3 Å². The topological polar surface area (TPSA) is 21.3 Å². The van der Waals surface area contributed by atoms with Crippen molar-refractivity contribution in [3.63, 3.8) is 0 Å². The van der Waals surface area contributed by atoms with Gasteiger partial charge in [-0.3, -0.25) is 0 Å². The fourth-order valence-corrected chi connectivity index (χ4v) is 0.854. The first-order chi connectivity index (χ1) is 5.00. The summed E-state index contributed by atoms with van der Waals surface area (Å²) in [4.78, 5) is 0.325. The molecule has 0 radical (unpaired) electrons. The minimum absolute atomic E-state index is 0.139. The molecule has 2 nitrogen and oxygen atoms in total. The molecule has 1 saturated heterocycles. The molecule has 0 aromatic carbocycles. The maximum atomic E-state index is 11.9. The third-order valence-electron chi connectivity index (χ3n) is 1.27. The summed E-state index contributed by atoms with van der Waals surface area (Å²) in [6.07, 6.45) is -6.00. The summed E-state index contributed by atoms with van der Waals surface area (Å²) < 4.78 is 40.0. The first-order valence-electron chi connectivity index (χ1n) is 2.95. The van der Waals surface area contributed by atoms with Gasteiger partial charge in [0, 0.05) is 0 Å². The molecule has 0 bridgehead atoms. The van der Waals surface area contributed by atoms with Gasteiger partial charge in [-0.15, -0.1) is 0 Å². The van der Waals surface area contributed by atoms with Gasteiger partial charge in [0.1, 0.15) is 4.99 Å². The Morgan fingerprint density at radius 3 is 2.55 bits per heavy atom. The van der Waals surface area contributed by atoms with E-state index >= 15 is 0 Å². The van der Waals surface area contributed by atoms with Gasteiger partial charge >= 0.3 is 6.18 Å². The zero-order valence-electron chi connectivity index (χ0n) is 5.44. The number of alkyl halides is 3. The molecule has 1 fully saturated rings. The highest BCUT2D eigenvalue weighted by atomic mass is 32.1. The van der Waals surface area contributed by atoms with Gasteiger partial charge in [-0.05, 0) is 0 Å². The molecule has 0 aliphatic carbocycles. The molecular formula is C5H6F3NOS. The van der Waals surface area contributed by atoms with E-state index in [1.807, 2.05) is 0 Å². The largest absolute Gasteiger partial charge is 0.416 e. The maximum Gasteiger partial charge on any atom is 0.416 e. The van der Waals surface area contributed by atoms with Gasteiger partial charge < -0.3 is 10.1 Å². The Balaban J connectivity index is 2.45. The van der Waals surface area contributed by atoms with E-state index in [1.54, 1.807) is 0 Å². The molecule has 0 aromatic rings. The van der Waals surface area contributed by atoms with Crippen LogP contribution >= 0.6 is 12.2 Å². The van der Waals surface area contributed by atoms with Crippen LogP contribution in [0.2, 0.25) is 0 Å². The highest BCUT2D eigenvalue weighted by molar-refractivity contribution is 7.80. The molecule has 0 amide bonds. The first-order valence-corrected chi connectivity index (χ1v) is 3.36. The third kappa shape index (κ3) is 2.30. The van der Waals surface area contributed by atoms with Crippen molar-refractivity contribution in [2.24, 2.45) is 0 Å². The van der Waals surface area contributed by atoms with Crippen LogP contribution in [0.25, 0.3) is 0 Å². The van der Waals surface area contributed by atoms with E-state index in [0.29, 0.717) is 4.99 Å². The molecule has 1 atom stereocenters. The van der Waals surface area contributed by atoms with Gasteiger partial charge in [0.25, 0.3) is 0 Å². The zero-order chi connectivity index (χ0) is 8.48. The third-order valence-corrected chi connectivity index (χ3v) is 1.53. The van der Waals surface area contributed by atoms with Crippen molar-refractivity contribution in [2.75, 3.05) is 13.2 Å². The summed E-state index contributed by atoms with van der Waals surface area (Å²) in [5, 5.41) is 2.43. The van der Waals surface area contributed by atoms with Crippen molar-refractivity contribution in [2.45, 2.75) is 12.3 Å². The number of ether oxygens (including phenoxy) is 1. The molecule has 1 rings (SSSR count). The smallest absolute Gasteiger partial charge is 0.375 e. The average molecular weight is 185 g/mol. The zero-order valence-corrected chi connectivity index (χ0v) is 6.26. The van der Waals surface area contributed by atoms with Crippen molar-refractivity contribution >= 4 is 17.2 Å². The predicted octanol–water partition coefficient (Wildman–Crippen LogP) is 0.864. The number of morpholine rings is 1. The van der Waals surface area contributed by atoms with E-state index in [9.17, 15) is 13.2 Å². The van der Waals surface area contributed by atoms with Crippen molar-refractivity contribution in [3.05, 3.63) is 0 Å². The summed E-state index contributed by atoms with van der Waals surface area (Å²) in [5.74, 6) is 0. The number of halogens is 3. The standard InChI is InChI=1S/C5H6F3NOS/c6-5(7,8)3-1-9-4(11)2-10-3/h3H,1-2H2,(H,9,11)/t3-/m0/s1. The predicted molar refractivity (Wildman–Crippen MR) is 36.4 cm³/mol. The molecule has 1 aliphatic heterocycles. The molecule has 11 heavy (non-hydrogen) atoms. The average Bonchev–Trinajstić information content (AvgIpc) is 1.86. The summed E-state index contributed by atoms with van der Waals surface area (Å²) in [5.41, 5.74) is 0. The molecule has 0 unspecified atom stereocenters. The Hall–Kier alpha value is -0.360. The van der Waals surface area contributed by atoms with Crippen LogP contribution in [0.3, 0.4) is 0 Å². The SMILES string of the molecule is FC(F)(F)[C@@H]1CNC(=S)CO1. The quantitative estimate of drug-likeness (QED) is 0.566. The lowest BCUT2D eigenvalue weighted by Crippen LogP contribution is -2.48. The Morgan fingerprint density at radius 2 is 2.18 bits per heavy atom. The van der Waals surface area contributed by atoms with E-state index in [0.717, 1.165) is 0 Å². The summed E-state index contributed by atoms with van der Waals surface area (Å²) in [6, 6.07) is 0. The monoisotopic (exact) mass is 185 g/mol. The van der Waals surface area contributed by atoms with Crippen molar-refractivity contribution < 1.29 is 17.9 Å². The van der Waals surface area contributed by atoms with E-state index in [2.05, 4.69) is 22.3 Å². The Bertz CT molecular complexity index is 160. The van der Waals surface area contributed by atoms with Crippen LogP contribution in [0.15, 0.2) is 0 Å². The fraction of sp³-hybridized carbons (Fsp3) is 0.800. The lowest BCUT2D eigenvalue weighted by molar-refractivity contribution is -0.216. The van der Waals surface area contributed by atoms with Crippen LogP contribution in [0, 0.1) is 0 Å². The summed E-state index contributed by atoms with van der Waals surface area (Å²) in [6.45, 7) is -0.415. The van der Waals surface area contributed by atoms with Crippen molar-refractivity contribution in [1.29, 1.82) is 0 Å². The lowest BCUT2D eigenvalue weighted by atomic mass is 10.3. The second-order valence-electron chi connectivity index (χ2n) is 2.15. The van der Waals surface area contributed by atoms with E-state index in [-0.39, 0.29) is 13.2 Å². The van der Waals surface area contributed by atoms with Crippen LogP contribution in [-0.4, -0.2) is 30.4 Å². The lowest BCUT2D eigenvalue weighted by Gasteiger charge is -2.26. The Labute approximate surface area is 66.7 Å². The highest BCUT2D eigenvalue weighted by Gasteiger charge is 2.42. The van der Waals surface area contributed by atoms with Gasteiger partial charge in [0.05, 0.1) is 13.2 Å². The molecule has 0 aromatic heterocycles. The second kappa shape index (κ2) is 2.94. The van der Waals surface area contributed by atoms with Gasteiger partial charge in [0.15, 0.2) is 6.10 Å². The number of nitrogens with one attached hydrogen (secondary N) is 1.